The summed E-state index contributed by atoms with van der Waals surface area (Å²) < 4.78 is 0.868. The highest BCUT2D eigenvalue weighted by Crippen LogP contribution is 2.32. The average Bonchev–Trinajstić information content (AvgIpc) is 2.83. The molecule has 0 saturated heterocycles. The molecule has 0 atom stereocenters. The van der Waals surface area contributed by atoms with E-state index in [9.17, 15) is 5.26 Å². The standard InChI is InChI=1S/C14H16N4S2/c1-9(2)16-8-11-4-5-13(12(6-11)7-15)20-14-18-17-10(3)19-14/h4-6,9,16H,8H2,1-3H3. The number of hydrogen-bond donors (Lipinski definition) is 1. The second-order valence-corrected chi connectivity index (χ2v) is 7.14. The minimum absolute atomic E-state index is 0.430. The van der Waals surface area contributed by atoms with E-state index in [0.29, 0.717) is 11.6 Å². The number of nitrogens with zero attached hydrogens (tertiary/aromatic N) is 3. The van der Waals surface area contributed by atoms with E-state index in [2.05, 4.69) is 35.4 Å². The summed E-state index contributed by atoms with van der Waals surface area (Å²) in [6, 6.07) is 8.66. The number of nitrogens with one attached hydrogen (secondary N) is 1. The number of aromatic nitrogens is 2. The van der Waals surface area contributed by atoms with E-state index in [0.717, 1.165) is 26.4 Å². The number of rotatable bonds is 5. The summed E-state index contributed by atoms with van der Waals surface area (Å²) in [6.45, 7) is 6.91. The van der Waals surface area contributed by atoms with Crippen molar-refractivity contribution in [2.45, 2.75) is 42.6 Å². The first kappa shape index (κ1) is 15.0. The van der Waals surface area contributed by atoms with Crippen LogP contribution in [-0.4, -0.2) is 16.2 Å². The first-order valence-corrected chi connectivity index (χ1v) is 7.96. The van der Waals surface area contributed by atoms with Crippen molar-refractivity contribution in [1.82, 2.24) is 15.5 Å². The molecule has 0 unspecified atom stereocenters. The van der Waals surface area contributed by atoms with E-state index >= 15 is 0 Å². The van der Waals surface area contributed by atoms with Gasteiger partial charge in [0.15, 0.2) is 4.34 Å². The lowest BCUT2D eigenvalue weighted by molar-refractivity contribution is 0.588. The Kier molecular flexibility index (Phi) is 5.12. The Morgan fingerprint density at radius 2 is 2.20 bits per heavy atom. The molecule has 1 aromatic carbocycles. The highest BCUT2D eigenvalue weighted by molar-refractivity contribution is 8.01. The normalized spacial score (nSPS) is 10.8. The van der Waals surface area contributed by atoms with E-state index in [1.807, 2.05) is 25.1 Å². The van der Waals surface area contributed by atoms with Crippen molar-refractivity contribution >= 4 is 23.1 Å². The lowest BCUT2D eigenvalue weighted by atomic mass is 10.1. The molecule has 0 fully saturated rings. The molecule has 20 heavy (non-hydrogen) atoms. The summed E-state index contributed by atoms with van der Waals surface area (Å²) in [5.41, 5.74) is 1.80. The molecule has 4 nitrogen and oxygen atoms in total. The van der Waals surface area contributed by atoms with Gasteiger partial charge in [0.25, 0.3) is 0 Å². The summed E-state index contributed by atoms with van der Waals surface area (Å²) in [5.74, 6) is 0. The number of benzene rings is 1. The molecule has 0 aliphatic heterocycles. The third-order valence-electron chi connectivity index (χ3n) is 2.58. The van der Waals surface area contributed by atoms with Crippen LogP contribution < -0.4 is 5.32 Å². The first-order valence-electron chi connectivity index (χ1n) is 6.33. The zero-order valence-electron chi connectivity index (χ0n) is 11.7. The van der Waals surface area contributed by atoms with Crippen molar-refractivity contribution in [3.05, 3.63) is 34.3 Å². The van der Waals surface area contributed by atoms with Gasteiger partial charge in [-0.05, 0) is 24.6 Å². The molecule has 0 saturated carbocycles. The van der Waals surface area contributed by atoms with E-state index in [-0.39, 0.29) is 0 Å². The van der Waals surface area contributed by atoms with Gasteiger partial charge in [-0.15, -0.1) is 10.2 Å². The van der Waals surface area contributed by atoms with Crippen molar-refractivity contribution < 1.29 is 0 Å². The van der Waals surface area contributed by atoms with Crippen LogP contribution in [0, 0.1) is 18.3 Å². The van der Waals surface area contributed by atoms with Crippen molar-refractivity contribution in [1.29, 1.82) is 5.26 Å². The molecule has 0 aliphatic carbocycles. The Morgan fingerprint density at radius 3 is 2.80 bits per heavy atom. The smallest absolute Gasteiger partial charge is 0.179 e. The van der Waals surface area contributed by atoms with E-state index < -0.39 is 0 Å². The SMILES string of the molecule is Cc1nnc(Sc2ccc(CNC(C)C)cc2C#N)s1. The highest BCUT2D eigenvalue weighted by atomic mass is 32.2. The van der Waals surface area contributed by atoms with Gasteiger partial charge < -0.3 is 5.32 Å². The summed E-state index contributed by atoms with van der Waals surface area (Å²) in [7, 11) is 0. The Labute approximate surface area is 127 Å². The number of hydrogen-bond acceptors (Lipinski definition) is 6. The zero-order chi connectivity index (χ0) is 14.5. The minimum atomic E-state index is 0.430. The maximum atomic E-state index is 9.29. The Bertz CT molecular complexity index is 628. The molecular formula is C14H16N4S2. The molecule has 2 rings (SSSR count). The number of nitriles is 1. The quantitative estimate of drug-likeness (QED) is 0.917. The topological polar surface area (TPSA) is 61.6 Å². The molecule has 1 aromatic heterocycles. The fourth-order valence-corrected chi connectivity index (χ4v) is 3.43. The van der Waals surface area contributed by atoms with Crippen LogP contribution in [-0.2, 0) is 6.54 Å². The Morgan fingerprint density at radius 1 is 1.40 bits per heavy atom. The molecule has 0 aliphatic rings. The van der Waals surface area contributed by atoms with Gasteiger partial charge in [-0.2, -0.15) is 5.26 Å². The highest BCUT2D eigenvalue weighted by Gasteiger charge is 2.09. The predicted molar refractivity (Wildman–Crippen MR) is 81.9 cm³/mol. The molecular weight excluding hydrogens is 288 g/mol. The summed E-state index contributed by atoms with van der Waals surface area (Å²) >= 11 is 3.03. The molecule has 1 N–H and O–H groups in total. The molecule has 2 aromatic rings. The van der Waals surface area contributed by atoms with Crippen LogP contribution in [0.4, 0.5) is 0 Å². The second-order valence-electron chi connectivity index (χ2n) is 4.67. The fraction of sp³-hybridized carbons (Fsp3) is 0.357. The van der Waals surface area contributed by atoms with Crippen molar-refractivity contribution in [2.75, 3.05) is 0 Å². The molecule has 0 amide bonds. The first-order chi connectivity index (χ1) is 9.58. The van der Waals surface area contributed by atoms with Gasteiger partial charge in [-0.1, -0.05) is 43.0 Å². The molecule has 104 valence electrons. The van der Waals surface area contributed by atoms with Gasteiger partial charge in [-0.3, -0.25) is 0 Å². The Balaban J connectivity index is 2.16. The third kappa shape index (κ3) is 4.04. The van der Waals surface area contributed by atoms with Crippen LogP contribution in [0.3, 0.4) is 0 Å². The second kappa shape index (κ2) is 6.84. The lowest BCUT2D eigenvalue weighted by Gasteiger charge is -2.09. The van der Waals surface area contributed by atoms with Crippen LogP contribution in [0.5, 0.6) is 0 Å². The van der Waals surface area contributed by atoms with Gasteiger partial charge in [0, 0.05) is 17.5 Å². The van der Waals surface area contributed by atoms with E-state index in [1.165, 1.54) is 23.1 Å². The number of aryl methyl sites for hydroxylation is 1. The van der Waals surface area contributed by atoms with Crippen molar-refractivity contribution in [2.24, 2.45) is 0 Å². The molecule has 0 spiro atoms. The van der Waals surface area contributed by atoms with Gasteiger partial charge in [-0.25, -0.2) is 0 Å². The third-order valence-corrected chi connectivity index (χ3v) is 4.55. The van der Waals surface area contributed by atoms with Crippen LogP contribution in [0.25, 0.3) is 0 Å². The van der Waals surface area contributed by atoms with Gasteiger partial charge in [0.1, 0.15) is 11.1 Å². The van der Waals surface area contributed by atoms with Crippen LogP contribution in [0.2, 0.25) is 0 Å². The predicted octanol–water partition coefficient (Wildman–Crippen LogP) is 3.37. The maximum Gasteiger partial charge on any atom is 0.179 e. The van der Waals surface area contributed by atoms with Crippen LogP contribution in [0.1, 0.15) is 30.0 Å². The van der Waals surface area contributed by atoms with Gasteiger partial charge in [0.05, 0.1) is 5.56 Å². The minimum Gasteiger partial charge on any atom is -0.310 e. The van der Waals surface area contributed by atoms with Crippen LogP contribution >= 0.6 is 23.1 Å². The van der Waals surface area contributed by atoms with Crippen molar-refractivity contribution in [3.63, 3.8) is 0 Å². The average molecular weight is 304 g/mol. The zero-order valence-corrected chi connectivity index (χ0v) is 13.3. The Hall–Kier alpha value is -1.42. The van der Waals surface area contributed by atoms with Gasteiger partial charge in [0.2, 0.25) is 0 Å². The largest absolute Gasteiger partial charge is 0.310 e. The van der Waals surface area contributed by atoms with E-state index in [1.54, 1.807) is 0 Å². The lowest BCUT2D eigenvalue weighted by Crippen LogP contribution is -2.21. The summed E-state index contributed by atoms with van der Waals surface area (Å²) in [6.07, 6.45) is 0. The monoisotopic (exact) mass is 304 g/mol. The summed E-state index contributed by atoms with van der Waals surface area (Å²) in [5, 5.41) is 21.6. The summed E-state index contributed by atoms with van der Waals surface area (Å²) in [4.78, 5) is 0.928. The molecule has 0 radical (unpaired) electrons. The molecule has 0 bridgehead atoms. The molecule has 1 heterocycles. The van der Waals surface area contributed by atoms with E-state index in [4.69, 9.17) is 0 Å². The molecule has 6 heteroatoms. The van der Waals surface area contributed by atoms with Gasteiger partial charge >= 0.3 is 0 Å². The maximum absolute atomic E-state index is 9.29. The van der Waals surface area contributed by atoms with Crippen LogP contribution in [0.15, 0.2) is 27.4 Å². The fourth-order valence-electron chi connectivity index (χ4n) is 1.60. The van der Waals surface area contributed by atoms with Crippen molar-refractivity contribution in [3.8, 4) is 6.07 Å².